The van der Waals surface area contributed by atoms with Crippen LogP contribution in [0.3, 0.4) is 0 Å². The van der Waals surface area contributed by atoms with Crippen molar-refractivity contribution in [3.63, 3.8) is 0 Å². The van der Waals surface area contributed by atoms with Gasteiger partial charge in [0.1, 0.15) is 18.1 Å². The molecule has 15 heteroatoms. The molecule has 15 nitrogen and oxygen atoms in total. The van der Waals surface area contributed by atoms with E-state index < -0.39 is 66.1 Å². The van der Waals surface area contributed by atoms with E-state index in [1.807, 2.05) is 24.3 Å². The van der Waals surface area contributed by atoms with Crippen molar-refractivity contribution in [3.8, 4) is 0 Å². The van der Waals surface area contributed by atoms with Crippen molar-refractivity contribution in [2.45, 2.75) is 69.1 Å². The number of carboxylic acids is 1. The van der Waals surface area contributed by atoms with Gasteiger partial charge in [-0.2, -0.15) is 0 Å². The van der Waals surface area contributed by atoms with Gasteiger partial charge in [0, 0.05) is 29.9 Å². The molecule has 0 spiro atoms. The average Bonchev–Trinajstić information content (AvgIpc) is 3.31. The number of carbonyl (C=O) groups is 6. The summed E-state index contributed by atoms with van der Waals surface area (Å²) in [6, 6.07) is 2.17. The number of aromatic nitrogens is 1. The van der Waals surface area contributed by atoms with Gasteiger partial charge in [0.2, 0.25) is 29.5 Å². The van der Waals surface area contributed by atoms with Crippen LogP contribution in [0.4, 0.5) is 0 Å². The van der Waals surface area contributed by atoms with Crippen LogP contribution >= 0.6 is 0 Å². The van der Waals surface area contributed by atoms with Crippen LogP contribution in [-0.4, -0.2) is 76.3 Å². The lowest BCUT2D eigenvalue weighted by molar-refractivity contribution is -0.142. The van der Waals surface area contributed by atoms with Crippen molar-refractivity contribution in [2.24, 2.45) is 22.9 Å². The molecule has 0 saturated heterocycles. The minimum absolute atomic E-state index is 0.00161. The normalized spacial score (nSPS) is 13.9. The molecule has 2 rings (SSSR count). The van der Waals surface area contributed by atoms with Crippen LogP contribution in [0, 0.1) is 0 Å². The third kappa shape index (κ3) is 10.5. The summed E-state index contributed by atoms with van der Waals surface area (Å²) in [5.74, 6) is -5.25. The van der Waals surface area contributed by atoms with Gasteiger partial charge < -0.3 is 49.0 Å². The third-order valence-corrected chi connectivity index (χ3v) is 6.36. The molecule has 1 aromatic carbocycles. The van der Waals surface area contributed by atoms with Crippen LogP contribution in [-0.2, 0) is 35.2 Å². The summed E-state index contributed by atoms with van der Waals surface area (Å²) in [7, 11) is 0. The van der Waals surface area contributed by atoms with Crippen molar-refractivity contribution in [1.82, 2.24) is 20.9 Å². The van der Waals surface area contributed by atoms with Gasteiger partial charge in [-0.25, -0.2) is 4.79 Å². The van der Waals surface area contributed by atoms with Crippen LogP contribution in [0.2, 0.25) is 0 Å². The first-order valence-electron chi connectivity index (χ1n) is 13.1. The molecule has 0 aliphatic rings. The van der Waals surface area contributed by atoms with Crippen molar-refractivity contribution >= 4 is 46.4 Å². The number of nitrogens with two attached hydrogens (primary N) is 4. The highest BCUT2D eigenvalue weighted by molar-refractivity contribution is 5.95. The summed E-state index contributed by atoms with van der Waals surface area (Å²) in [5, 5.41) is 17.7. The van der Waals surface area contributed by atoms with E-state index in [4.69, 9.17) is 22.9 Å². The summed E-state index contributed by atoms with van der Waals surface area (Å²) < 4.78 is 0. The lowest BCUT2D eigenvalue weighted by atomic mass is 10.0. The molecule has 0 fully saturated rings. The Bertz CT molecular complexity index is 1250. The number of hydrogen-bond acceptors (Lipinski definition) is 8. The summed E-state index contributed by atoms with van der Waals surface area (Å²) >= 11 is 0. The largest absolute Gasteiger partial charge is 0.480 e. The van der Waals surface area contributed by atoms with Gasteiger partial charge in [0.25, 0.3) is 0 Å². The number of aliphatic carboxylic acids is 1. The van der Waals surface area contributed by atoms with Gasteiger partial charge in [-0.3, -0.25) is 24.0 Å². The molecular weight excluding hydrogens is 536 g/mol. The lowest BCUT2D eigenvalue weighted by Crippen LogP contribution is -2.57. The minimum atomic E-state index is -1.42. The molecule has 4 atom stereocenters. The van der Waals surface area contributed by atoms with E-state index in [1.54, 1.807) is 6.20 Å². The molecule has 13 N–H and O–H groups in total. The van der Waals surface area contributed by atoms with Gasteiger partial charge in [0.15, 0.2) is 0 Å². The number of carboxylic acid groups (broad SMARTS) is 1. The average molecular weight is 575 g/mol. The maximum absolute atomic E-state index is 13.5. The van der Waals surface area contributed by atoms with E-state index in [9.17, 15) is 33.9 Å². The highest BCUT2D eigenvalue weighted by Crippen LogP contribution is 2.19. The Morgan fingerprint density at radius 2 is 1.46 bits per heavy atom. The summed E-state index contributed by atoms with van der Waals surface area (Å²) in [6.45, 7) is 0.329. The molecule has 0 saturated carbocycles. The van der Waals surface area contributed by atoms with E-state index in [0.717, 1.165) is 10.9 Å². The highest BCUT2D eigenvalue weighted by atomic mass is 16.4. The number of fused-ring (bicyclic) bond motifs is 1. The zero-order valence-electron chi connectivity index (χ0n) is 22.6. The molecule has 1 aromatic heterocycles. The zero-order chi connectivity index (χ0) is 30.5. The molecular formula is C26H38N8O7. The Balaban J connectivity index is 2.29. The SMILES string of the molecule is NCCCCC(NC(=O)C(Cc1c[nH]c2ccccc12)NC(=O)C(N)CC(N)=O)C(=O)NC(CCC(N)=O)C(=O)O. The van der Waals surface area contributed by atoms with Crippen molar-refractivity contribution < 1.29 is 33.9 Å². The fourth-order valence-electron chi connectivity index (χ4n) is 4.17. The molecule has 0 radical (unpaired) electrons. The molecule has 224 valence electrons. The van der Waals surface area contributed by atoms with Crippen LogP contribution < -0.4 is 38.9 Å². The van der Waals surface area contributed by atoms with E-state index in [-0.39, 0.29) is 25.7 Å². The van der Waals surface area contributed by atoms with E-state index in [1.165, 1.54) is 0 Å². The number of benzene rings is 1. The Labute approximate surface area is 236 Å². The number of amides is 5. The molecule has 2 aromatic rings. The second kappa shape index (κ2) is 15.9. The number of carbonyl (C=O) groups excluding carboxylic acids is 5. The zero-order valence-corrected chi connectivity index (χ0v) is 22.6. The first-order valence-corrected chi connectivity index (χ1v) is 13.1. The number of rotatable bonds is 18. The number of H-pyrrole nitrogens is 1. The third-order valence-electron chi connectivity index (χ3n) is 6.36. The van der Waals surface area contributed by atoms with Gasteiger partial charge in [-0.05, 0) is 43.9 Å². The Kier molecular flexibility index (Phi) is 12.7. The monoisotopic (exact) mass is 574 g/mol. The van der Waals surface area contributed by atoms with Crippen LogP contribution in [0.5, 0.6) is 0 Å². The maximum atomic E-state index is 13.5. The van der Waals surface area contributed by atoms with Crippen molar-refractivity contribution in [1.29, 1.82) is 0 Å². The molecule has 0 aliphatic carbocycles. The van der Waals surface area contributed by atoms with Crippen molar-refractivity contribution in [3.05, 3.63) is 36.0 Å². The number of nitrogens with one attached hydrogen (secondary N) is 4. The molecule has 4 unspecified atom stereocenters. The van der Waals surface area contributed by atoms with Crippen LogP contribution in [0.1, 0.15) is 44.1 Å². The highest BCUT2D eigenvalue weighted by Gasteiger charge is 2.31. The van der Waals surface area contributed by atoms with Gasteiger partial charge in [0.05, 0.1) is 12.5 Å². The molecule has 0 aliphatic heterocycles. The number of primary amides is 2. The number of hydrogen-bond donors (Lipinski definition) is 9. The number of aromatic amines is 1. The predicted molar refractivity (Wildman–Crippen MR) is 149 cm³/mol. The summed E-state index contributed by atoms with van der Waals surface area (Å²) in [6.07, 6.45) is 1.80. The quantitative estimate of drug-likeness (QED) is 0.0876. The first kappa shape index (κ1) is 32.7. The Hall–Kier alpha value is -4.50. The molecule has 1 heterocycles. The number of para-hydroxylation sites is 1. The van der Waals surface area contributed by atoms with Gasteiger partial charge in [-0.15, -0.1) is 0 Å². The molecule has 0 bridgehead atoms. The maximum Gasteiger partial charge on any atom is 0.326 e. The summed E-state index contributed by atoms with van der Waals surface area (Å²) in [4.78, 5) is 76.5. The summed E-state index contributed by atoms with van der Waals surface area (Å²) in [5.41, 5.74) is 23.1. The second-order valence-electron chi connectivity index (χ2n) is 9.65. The Morgan fingerprint density at radius 3 is 2.10 bits per heavy atom. The smallest absolute Gasteiger partial charge is 0.326 e. The molecule has 41 heavy (non-hydrogen) atoms. The van der Waals surface area contributed by atoms with Gasteiger partial charge >= 0.3 is 5.97 Å². The van der Waals surface area contributed by atoms with Crippen LogP contribution in [0.25, 0.3) is 10.9 Å². The van der Waals surface area contributed by atoms with Crippen molar-refractivity contribution in [2.75, 3.05) is 6.54 Å². The van der Waals surface area contributed by atoms with E-state index >= 15 is 0 Å². The van der Waals surface area contributed by atoms with Crippen LogP contribution in [0.15, 0.2) is 30.5 Å². The molecule has 5 amide bonds. The topological polar surface area (TPSA) is 279 Å². The number of unbranched alkanes of at least 4 members (excludes halogenated alkanes) is 1. The first-order chi connectivity index (χ1) is 19.4. The second-order valence-corrected chi connectivity index (χ2v) is 9.65. The minimum Gasteiger partial charge on any atom is -0.480 e. The predicted octanol–water partition coefficient (Wildman–Crippen LogP) is -2.15. The lowest BCUT2D eigenvalue weighted by Gasteiger charge is -2.25. The Morgan fingerprint density at radius 1 is 0.829 bits per heavy atom. The van der Waals surface area contributed by atoms with Gasteiger partial charge in [-0.1, -0.05) is 18.2 Å². The fraction of sp³-hybridized carbons (Fsp3) is 0.462. The van der Waals surface area contributed by atoms with E-state index in [0.29, 0.717) is 24.9 Å². The standard InChI is InChI=1S/C26H38N8O7/c27-10-4-3-7-18(24(38)33-19(26(40)41)8-9-21(29)35)32-25(39)20(34-23(37)16(28)12-22(30)36)11-14-13-31-17-6-2-1-5-15(14)17/h1-2,5-6,13,16,18-20,31H,3-4,7-12,27-28H2,(H2,29,35)(H2,30,36)(H,32,39)(H,33,38)(H,34,37)(H,40,41). The fourth-order valence-corrected chi connectivity index (χ4v) is 4.17. The van der Waals surface area contributed by atoms with E-state index in [2.05, 4.69) is 20.9 Å².